The normalized spacial score (nSPS) is 11.3. The third kappa shape index (κ3) is 3.13. The number of hydrogen-bond donors (Lipinski definition) is 0. The zero-order valence-corrected chi connectivity index (χ0v) is 18.7. The van der Waals surface area contributed by atoms with Crippen molar-refractivity contribution in [2.45, 2.75) is 6.92 Å². The van der Waals surface area contributed by atoms with Crippen LogP contribution in [0.3, 0.4) is 0 Å². The first kappa shape index (κ1) is 19.4. The Balaban J connectivity index is 1.71. The fourth-order valence-corrected chi connectivity index (χ4v) is 4.91. The van der Waals surface area contributed by atoms with Gasteiger partial charge in [0, 0.05) is 22.4 Å². The summed E-state index contributed by atoms with van der Waals surface area (Å²) < 4.78 is 2.19. The number of anilines is 3. The first-order valence-electron chi connectivity index (χ1n) is 11.2. The largest absolute Gasteiger partial charge is 0.310 e. The second-order valence-corrected chi connectivity index (χ2v) is 8.47. The molecule has 6 rings (SSSR count). The van der Waals surface area contributed by atoms with Gasteiger partial charge < -0.3 is 4.90 Å². The molecule has 0 amide bonds. The van der Waals surface area contributed by atoms with Gasteiger partial charge in [-0.2, -0.15) is 4.57 Å². The van der Waals surface area contributed by atoms with Gasteiger partial charge in [0.05, 0.1) is 11.6 Å². The molecule has 0 bridgehead atoms. The van der Waals surface area contributed by atoms with Crippen molar-refractivity contribution in [3.8, 4) is 0 Å². The number of aromatic nitrogens is 2. The number of fused-ring (bicyclic) bond motifs is 6. The molecular weight excluding hydrogens is 402 g/mol. The van der Waals surface area contributed by atoms with E-state index in [2.05, 4.69) is 121 Å². The van der Waals surface area contributed by atoms with Gasteiger partial charge in [0.1, 0.15) is 12.6 Å². The molecule has 3 nitrogen and oxygen atoms in total. The minimum atomic E-state index is 1.04. The highest BCUT2D eigenvalue weighted by atomic mass is 15.1. The van der Waals surface area contributed by atoms with Crippen LogP contribution in [-0.4, -0.2) is 4.98 Å². The average molecular weight is 427 g/mol. The maximum atomic E-state index is 4.82. The quantitative estimate of drug-likeness (QED) is 0.221. The van der Waals surface area contributed by atoms with Crippen molar-refractivity contribution in [2.75, 3.05) is 4.90 Å². The highest BCUT2D eigenvalue weighted by molar-refractivity contribution is 6.23. The second kappa shape index (κ2) is 7.72. The molecule has 3 heteroatoms. The summed E-state index contributed by atoms with van der Waals surface area (Å²) >= 11 is 0. The van der Waals surface area contributed by atoms with Gasteiger partial charge in [0.2, 0.25) is 5.52 Å². The summed E-state index contributed by atoms with van der Waals surface area (Å²) in [5.74, 6) is 0. The molecule has 1 aromatic heterocycles. The zero-order valence-electron chi connectivity index (χ0n) is 18.7. The Hall–Kier alpha value is -4.24. The first-order chi connectivity index (χ1) is 16.2. The summed E-state index contributed by atoms with van der Waals surface area (Å²) in [5, 5.41) is 4.90. The van der Waals surface area contributed by atoms with E-state index in [4.69, 9.17) is 4.98 Å². The molecule has 0 aliphatic carbocycles. The summed E-state index contributed by atoms with van der Waals surface area (Å²) in [7, 11) is 2.10. The Kier molecular flexibility index (Phi) is 4.55. The summed E-state index contributed by atoms with van der Waals surface area (Å²) in [6.45, 7) is 2.19. The van der Waals surface area contributed by atoms with Crippen molar-refractivity contribution in [1.29, 1.82) is 0 Å². The predicted molar refractivity (Wildman–Crippen MR) is 137 cm³/mol. The van der Waals surface area contributed by atoms with Crippen molar-refractivity contribution in [3.05, 3.63) is 115 Å². The van der Waals surface area contributed by atoms with E-state index >= 15 is 0 Å². The molecule has 0 saturated heterocycles. The number of aryl methyl sites for hydroxylation is 2. The lowest BCUT2D eigenvalue weighted by Gasteiger charge is -2.26. The molecular formula is C30H24N3+. The standard InChI is InChI=1S/C30H24N3/c1-21-10-9-15-25-27-20-24(16-17-26(27)29-30(28(21)25)32(2)19-18-31-29)33(22-11-5-3-6-12-22)23-13-7-4-8-14-23/h3-20H,1-2H3/q+1. The van der Waals surface area contributed by atoms with E-state index in [0.29, 0.717) is 0 Å². The third-order valence-electron chi connectivity index (χ3n) is 6.42. The van der Waals surface area contributed by atoms with Crippen LogP contribution in [0.2, 0.25) is 0 Å². The molecule has 0 saturated carbocycles. The highest BCUT2D eigenvalue weighted by Gasteiger charge is 2.20. The van der Waals surface area contributed by atoms with E-state index in [-0.39, 0.29) is 0 Å². The monoisotopic (exact) mass is 426 g/mol. The van der Waals surface area contributed by atoms with Crippen LogP contribution in [0.4, 0.5) is 17.1 Å². The lowest BCUT2D eigenvalue weighted by molar-refractivity contribution is -0.644. The van der Waals surface area contributed by atoms with E-state index in [1.165, 1.54) is 32.6 Å². The maximum absolute atomic E-state index is 4.82. The van der Waals surface area contributed by atoms with Crippen LogP contribution < -0.4 is 9.47 Å². The molecule has 0 aliphatic rings. The maximum Gasteiger partial charge on any atom is 0.239 e. The summed E-state index contributed by atoms with van der Waals surface area (Å²) in [6, 6.07) is 34.4. The van der Waals surface area contributed by atoms with E-state index < -0.39 is 0 Å². The van der Waals surface area contributed by atoms with E-state index in [9.17, 15) is 0 Å². The van der Waals surface area contributed by atoms with Crippen molar-refractivity contribution < 1.29 is 4.57 Å². The number of nitrogens with zero attached hydrogens (tertiary/aromatic N) is 3. The van der Waals surface area contributed by atoms with Gasteiger partial charge in [-0.25, -0.2) is 4.98 Å². The Labute approximate surface area is 193 Å². The van der Waals surface area contributed by atoms with Gasteiger partial charge in [0.25, 0.3) is 0 Å². The van der Waals surface area contributed by atoms with Crippen LogP contribution in [0, 0.1) is 6.92 Å². The predicted octanol–water partition coefficient (Wildman–Crippen LogP) is 7.14. The van der Waals surface area contributed by atoms with Crippen molar-refractivity contribution in [2.24, 2.45) is 7.05 Å². The SMILES string of the molecule is Cc1cccc2c3cc(N(c4ccccc4)c4ccccc4)ccc3c3ncc[n+](C)c3c12. The smallest absolute Gasteiger partial charge is 0.239 e. The summed E-state index contributed by atoms with van der Waals surface area (Å²) in [4.78, 5) is 7.13. The highest BCUT2D eigenvalue weighted by Crippen LogP contribution is 2.40. The molecule has 0 aliphatic heterocycles. The van der Waals surface area contributed by atoms with E-state index in [0.717, 1.165) is 22.6 Å². The summed E-state index contributed by atoms with van der Waals surface area (Å²) in [5.41, 5.74) is 6.87. The van der Waals surface area contributed by atoms with Crippen LogP contribution in [0.25, 0.3) is 32.6 Å². The second-order valence-electron chi connectivity index (χ2n) is 8.47. The van der Waals surface area contributed by atoms with E-state index in [1.54, 1.807) is 0 Å². The lowest BCUT2D eigenvalue weighted by atomic mass is 9.96. The van der Waals surface area contributed by atoms with Gasteiger partial charge in [-0.15, -0.1) is 0 Å². The fourth-order valence-electron chi connectivity index (χ4n) is 4.91. The molecule has 6 aromatic rings. The van der Waals surface area contributed by atoms with Gasteiger partial charge in [-0.3, -0.25) is 0 Å². The zero-order chi connectivity index (χ0) is 22.4. The Bertz CT molecular complexity index is 1580. The van der Waals surface area contributed by atoms with Crippen LogP contribution in [-0.2, 0) is 7.05 Å². The topological polar surface area (TPSA) is 20.0 Å². The molecule has 158 valence electrons. The Morgan fingerprint density at radius 3 is 2.06 bits per heavy atom. The van der Waals surface area contributed by atoms with Gasteiger partial charge in [0.15, 0.2) is 6.20 Å². The van der Waals surface area contributed by atoms with Crippen LogP contribution in [0.5, 0.6) is 0 Å². The lowest BCUT2D eigenvalue weighted by Crippen LogP contribution is -2.29. The van der Waals surface area contributed by atoms with Crippen LogP contribution in [0.15, 0.2) is 109 Å². The summed E-state index contributed by atoms with van der Waals surface area (Å²) in [6.07, 6.45) is 3.92. The molecule has 0 radical (unpaired) electrons. The molecule has 0 fully saturated rings. The number of hydrogen-bond acceptors (Lipinski definition) is 2. The average Bonchev–Trinajstić information content (AvgIpc) is 2.86. The Morgan fingerprint density at radius 1 is 0.667 bits per heavy atom. The molecule has 0 atom stereocenters. The van der Waals surface area contributed by atoms with Crippen molar-refractivity contribution >= 4 is 49.6 Å². The number of para-hydroxylation sites is 2. The first-order valence-corrected chi connectivity index (χ1v) is 11.2. The number of benzene rings is 5. The van der Waals surface area contributed by atoms with Crippen molar-refractivity contribution in [1.82, 2.24) is 4.98 Å². The van der Waals surface area contributed by atoms with Gasteiger partial charge in [-0.05, 0) is 65.7 Å². The molecule has 0 spiro atoms. The van der Waals surface area contributed by atoms with E-state index in [1.807, 2.05) is 12.4 Å². The van der Waals surface area contributed by atoms with Gasteiger partial charge >= 0.3 is 0 Å². The van der Waals surface area contributed by atoms with Crippen LogP contribution in [0.1, 0.15) is 5.56 Å². The minimum Gasteiger partial charge on any atom is -0.310 e. The minimum absolute atomic E-state index is 1.04. The fraction of sp³-hybridized carbons (Fsp3) is 0.0667. The molecule has 33 heavy (non-hydrogen) atoms. The third-order valence-corrected chi connectivity index (χ3v) is 6.42. The van der Waals surface area contributed by atoms with Gasteiger partial charge in [-0.1, -0.05) is 54.6 Å². The molecule has 5 aromatic carbocycles. The number of rotatable bonds is 3. The molecule has 0 N–H and O–H groups in total. The molecule has 0 unspecified atom stereocenters. The van der Waals surface area contributed by atoms with Crippen molar-refractivity contribution in [3.63, 3.8) is 0 Å². The molecule has 1 heterocycles. The van der Waals surface area contributed by atoms with Crippen LogP contribution >= 0.6 is 0 Å². The Morgan fingerprint density at radius 2 is 1.36 bits per heavy atom.